The first-order valence-corrected chi connectivity index (χ1v) is 7.75. The van der Waals surface area contributed by atoms with Gasteiger partial charge in [-0.05, 0) is 36.8 Å². The van der Waals surface area contributed by atoms with Crippen molar-refractivity contribution >= 4 is 11.9 Å². The zero-order valence-corrected chi connectivity index (χ0v) is 14.4. The van der Waals surface area contributed by atoms with Gasteiger partial charge in [0.25, 0.3) is 5.91 Å². The van der Waals surface area contributed by atoms with E-state index in [1.54, 1.807) is 43.4 Å². The summed E-state index contributed by atoms with van der Waals surface area (Å²) in [4.78, 5) is 25.6. The fourth-order valence-corrected chi connectivity index (χ4v) is 2.29. The topological polar surface area (TPSA) is 55.8 Å². The number of nitrogens with zero attached hydrogens (tertiary/aromatic N) is 1. The van der Waals surface area contributed by atoms with E-state index in [4.69, 9.17) is 9.47 Å². The first-order chi connectivity index (χ1) is 11.9. The minimum Gasteiger partial charge on any atom is -0.483 e. The van der Waals surface area contributed by atoms with Gasteiger partial charge >= 0.3 is 5.97 Å². The van der Waals surface area contributed by atoms with Crippen LogP contribution >= 0.6 is 0 Å². The van der Waals surface area contributed by atoms with Crippen LogP contribution in [0.4, 0.5) is 4.39 Å². The quantitative estimate of drug-likeness (QED) is 0.755. The zero-order chi connectivity index (χ0) is 18.4. The van der Waals surface area contributed by atoms with Crippen LogP contribution in [0.25, 0.3) is 0 Å². The fourth-order valence-electron chi connectivity index (χ4n) is 2.29. The van der Waals surface area contributed by atoms with Crippen LogP contribution in [0.5, 0.6) is 5.75 Å². The molecule has 0 heterocycles. The van der Waals surface area contributed by atoms with Crippen molar-refractivity contribution in [1.82, 2.24) is 4.90 Å². The molecule has 132 valence electrons. The summed E-state index contributed by atoms with van der Waals surface area (Å²) in [5.74, 6) is -0.842. The van der Waals surface area contributed by atoms with Crippen molar-refractivity contribution in [2.75, 3.05) is 20.8 Å². The summed E-state index contributed by atoms with van der Waals surface area (Å²) in [6.07, 6.45) is 0. The summed E-state index contributed by atoms with van der Waals surface area (Å²) in [5, 5.41) is 0. The summed E-state index contributed by atoms with van der Waals surface area (Å²) in [6, 6.07) is 12.3. The van der Waals surface area contributed by atoms with Crippen molar-refractivity contribution in [1.29, 1.82) is 0 Å². The third-order valence-electron chi connectivity index (χ3n) is 3.97. The maximum atomic E-state index is 13.0. The highest BCUT2D eigenvalue weighted by molar-refractivity contribution is 5.92. The van der Waals surface area contributed by atoms with E-state index in [0.717, 1.165) is 5.56 Å². The number of amides is 1. The number of hydrogen-bond donors (Lipinski definition) is 0. The standard InChI is InChI=1S/C19H20FNO4/c1-13(14-8-10-15(20)11-9-14)21(2)18(22)12-25-17-7-5-4-6-16(17)19(23)24-3/h4-11,13H,12H2,1-3H3/t13-/m0/s1. The van der Waals surface area contributed by atoms with E-state index in [2.05, 4.69) is 0 Å². The van der Waals surface area contributed by atoms with E-state index >= 15 is 0 Å². The van der Waals surface area contributed by atoms with Gasteiger partial charge in [0.1, 0.15) is 17.1 Å². The van der Waals surface area contributed by atoms with Gasteiger partial charge in [0.15, 0.2) is 6.61 Å². The first-order valence-electron chi connectivity index (χ1n) is 7.75. The molecule has 0 aliphatic carbocycles. The van der Waals surface area contributed by atoms with Crippen molar-refractivity contribution in [3.05, 3.63) is 65.5 Å². The monoisotopic (exact) mass is 345 g/mol. The predicted octanol–water partition coefficient (Wildman–Crippen LogP) is 3.21. The maximum absolute atomic E-state index is 13.0. The van der Waals surface area contributed by atoms with E-state index in [0.29, 0.717) is 0 Å². The molecule has 0 spiro atoms. The van der Waals surface area contributed by atoms with Crippen molar-refractivity contribution in [2.45, 2.75) is 13.0 Å². The summed E-state index contributed by atoms with van der Waals surface area (Å²) in [6.45, 7) is 1.61. The molecule has 0 unspecified atom stereocenters. The van der Waals surface area contributed by atoms with Crippen molar-refractivity contribution in [3.8, 4) is 5.75 Å². The Kier molecular flexibility index (Phi) is 6.11. The summed E-state index contributed by atoms with van der Waals surface area (Å²) in [7, 11) is 2.92. The Morgan fingerprint density at radius 1 is 1.12 bits per heavy atom. The normalized spacial score (nSPS) is 11.5. The van der Waals surface area contributed by atoms with Crippen LogP contribution in [0, 0.1) is 5.82 Å². The second-order valence-electron chi connectivity index (χ2n) is 5.51. The Labute approximate surface area is 146 Å². The van der Waals surface area contributed by atoms with Gasteiger partial charge in [0, 0.05) is 7.05 Å². The van der Waals surface area contributed by atoms with Gasteiger partial charge < -0.3 is 14.4 Å². The first kappa shape index (κ1) is 18.4. The molecule has 2 aromatic carbocycles. The Morgan fingerprint density at radius 2 is 1.76 bits per heavy atom. The molecule has 0 fully saturated rings. The molecule has 1 amide bonds. The molecule has 6 heteroatoms. The number of carbonyl (C=O) groups is 2. The zero-order valence-electron chi connectivity index (χ0n) is 14.4. The van der Waals surface area contributed by atoms with Gasteiger partial charge in [-0.1, -0.05) is 24.3 Å². The van der Waals surface area contributed by atoms with Crippen LogP contribution in [0.1, 0.15) is 28.9 Å². The molecule has 0 aliphatic rings. The number of rotatable bonds is 6. The Hall–Kier alpha value is -2.89. The smallest absolute Gasteiger partial charge is 0.341 e. The second kappa shape index (κ2) is 8.28. The molecule has 2 rings (SSSR count). The molecule has 25 heavy (non-hydrogen) atoms. The van der Waals surface area contributed by atoms with Gasteiger partial charge in [0.05, 0.1) is 13.2 Å². The molecule has 5 nitrogen and oxygen atoms in total. The lowest BCUT2D eigenvalue weighted by Gasteiger charge is -2.25. The number of ether oxygens (including phenoxy) is 2. The average molecular weight is 345 g/mol. The lowest BCUT2D eigenvalue weighted by molar-refractivity contribution is -0.134. The Balaban J connectivity index is 2.02. The molecule has 1 atom stereocenters. The van der Waals surface area contributed by atoms with Crippen molar-refractivity contribution < 1.29 is 23.5 Å². The summed E-state index contributed by atoms with van der Waals surface area (Å²) >= 11 is 0. The van der Waals surface area contributed by atoms with Gasteiger partial charge in [-0.15, -0.1) is 0 Å². The summed E-state index contributed by atoms with van der Waals surface area (Å²) < 4.78 is 23.2. The third kappa shape index (κ3) is 4.56. The van der Waals surface area contributed by atoms with Crippen molar-refractivity contribution in [2.24, 2.45) is 0 Å². The average Bonchev–Trinajstić information content (AvgIpc) is 2.65. The molecule has 0 radical (unpaired) electrons. The van der Waals surface area contributed by atoms with E-state index in [1.165, 1.54) is 24.1 Å². The number of halogens is 1. The van der Waals surface area contributed by atoms with Crippen LogP contribution in [-0.2, 0) is 9.53 Å². The highest BCUT2D eigenvalue weighted by Gasteiger charge is 2.19. The Morgan fingerprint density at radius 3 is 2.40 bits per heavy atom. The Bertz CT molecular complexity index is 745. The van der Waals surface area contributed by atoms with Crippen LogP contribution in [0.2, 0.25) is 0 Å². The number of likely N-dealkylation sites (N-methyl/N-ethyl adjacent to an activating group) is 1. The number of hydrogen-bond acceptors (Lipinski definition) is 4. The molecule has 0 aromatic heterocycles. The maximum Gasteiger partial charge on any atom is 0.341 e. The van der Waals surface area contributed by atoms with E-state index in [-0.39, 0.29) is 35.7 Å². The molecular formula is C19H20FNO4. The number of methoxy groups -OCH3 is 1. The molecular weight excluding hydrogens is 325 g/mol. The van der Waals surface area contributed by atoms with Crippen LogP contribution in [0.15, 0.2) is 48.5 Å². The molecule has 0 saturated carbocycles. The fraction of sp³-hybridized carbons (Fsp3) is 0.263. The van der Waals surface area contributed by atoms with Crippen LogP contribution in [0.3, 0.4) is 0 Å². The lowest BCUT2D eigenvalue weighted by atomic mass is 10.1. The molecule has 0 aliphatic heterocycles. The highest BCUT2D eigenvalue weighted by Crippen LogP contribution is 2.21. The van der Waals surface area contributed by atoms with E-state index in [9.17, 15) is 14.0 Å². The van der Waals surface area contributed by atoms with Gasteiger partial charge in [-0.25, -0.2) is 9.18 Å². The number of carbonyl (C=O) groups excluding carboxylic acids is 2. The van der Waals surface area contributed by atoms with Gasteiger partial charge in [-0.2, -0.15) is 0 Å². The predicted molar refractivity (Wildman–Crippen MR) is 90.9 cm³/mol. The minimum atomic E-state index is -0.531. The lowest BCUT2D eigenvalue weighted by Crippen LogP contribution is -2.33. The molecule has 0 bridgehead atoms. The highest BCUT2D eigenvalue weighted by atomic mass is 19.1. The number of esters is 1. The molecule has 0 N–H and O–H groups in total. The van der Waals surface area contributed by atoms with Gasteiger partial charge in [0.2, 0.25) is 0 Å². The SMILES string of the molecule is COC(=O)c1ccccc1OCC(=O)N(C)[C@@H](C)c1ccc(F)cc1. The summed E-state index contributed by atoms with van der Waals surface area (Å²) in [5.41, 5.74) is 1.07. The van der Waals surface area contributed by atoms with E-state index < -0.39 is 5.97 Å². The number of benzene rings is 2. The van der Waals surface area contributed by atoms with Crippen LogP contribution in [-0.4, -0.2) is 37.5 Å². The van der Waals surface area contributed by atoms with Gasteiger partial charge in [-0.3, -0.25) is 4.79 Å². The second-order valence-corrected chi connectivity index (χ2v) is 5.51. The van der Waals surface area contributed by atoms with Crippen LogP contribution < -0.4 is 4.74 Å². The van der Waals surface area contributed by atoms with Crippen molar-refractivity contribution in [3.63, 3.8) is 0 Å². The van der Waals surface area contributed by atoms with E-state index in [1.807, 2.05) is 6.92 Å². The third-order valence-corrected chi connectivity index (χ3v) is 3.97. The minimum absolute atomic E-state index is 0.226. The number of para-hydroxylation sites is 1. The molecule has 0 saturated heterocycles. The largest absolute Gasteiger partial charge is 0.483 e. The molecule has 2 aromatic rings.